The number of ether oxygens (including phenoxy) is 2. The normalized spacial score (nSPS) is 12.6. The first-order valence-electron chi connectivity index (χ1n) is 9.45. The molecular weight excluding hydrogens is 352 g/mol. The van der Waals surface area contributed by atoms with E-state index in [9.17, 15) is 9.59 Å². The first-order chi connectivity index (χ1) is 13.3. The lowest BCUT2D eigenvalue weighted by molar-refractivity contribution is -0.151. The van der Waals surface area contributed by atoms with Crippen LogP contribution in [0.5, 0.6) is 5.75 Å². The highest BCUT2D eigenvalue weighted by Gasteiger charge is 2.28. The summed E-state index contributed by atoms with van der Waals surface area (Å²) in [5.74, 6) is 0.190. The third-order valence-corrected chi connectivity index (χ3v) is 4.82. The average Bonchev–Trinajstić information content (AvgIpc) is 2.71. The van der Waals surface area contributed by atoms with Gasteiger partial charge in [-0.3, -0.25) is 4.79 Å². The lowest BCUT2D eigenvalue weighted by Gasteiger charge is -2.23. The van der Waals surface area contributed by atoms with Gasteiger partial charge in [-0.1, -0.05) is 49.4 Å². The zero-order valence-electron chi connectivity index (χ0n) is 17.0. The molecule has 0 saturated heterocycles. The molecule has 0 aliphatic carbocycles. The highest BCUT2D eigenvalue weighted by atomic mass is 16.5. The predicted octanol–water partition coefficient (Wildman–Crippen LogP) is 5.39. The maximum atomic E-state index is 12.0. The summed E-state index contributed by atoms with van der Waals surface area (Å²) < 4.78 is 10.2. The van der Waals surface area contributed by atoms with Crippen LogP contribution >= 0.6 is 0 Å². The molecule has 148 valence electrons. The van der Waals surface area contributed by atoms with E-state index in [1.54, 1.807) is 18.2 Å². The minimum atomic E-state index is -0.496. The Morgan fingerprint density at radius 3 is 2.29 bits per heavy atom. The first kappa shape index (κ1) is 21.4. The lowest BCUT2D eigenvalue weighted by atomic mass is 9.83. The number of rotatable bonds is 8. The molecule has 28 heavy (non-hydrogen) atoms. The van der Waals surface area contributed by atoms with Gasteiger partial charge in [-0.2, -0.15) is 0 Å². The van der Waals surface area contributed by atoms with Crippen LogP contribution < -0.4 is 4.74 Å². The van der Waals surface area contributed by atoms with Crippen molar-refractivity contribution in [2.24, 2.45) is 5.41 Å². The Kier molecular flexibility index (Phi) is 7.56. The largest absolute Gasteiger partial charge is 0.469 e. The number of methoxy groups -OCH3 is 1. The Bertz CT molecular complexity index is 804. The van der Waals surface area contributed by atoms with Gasteiger partial charge >= 0.3 is 11.9 Å². The van der Waals surface area contributed by atoms with Crippen molar-refractivity contribution >= 4 is 18.0 Å². The van der Waals surface area contributed by atoms with E-state index in [0.29, 0.717) is 5.75 Å². The van der Waals surface area contributed by atoms with Gasteiger partial charge in [-0.15, -0.1) is 0 Å². The quantitative estimate of drug-likeness (QED) is 0.350. The van der Waals surface area contributed by atoms with E-state index in [2.05, 4.69) is 6.92 Å². The van der Waals surface area contributed by atoms with Crippen LogP contribution in [-0.2, 0) is 14.3 Å². The van der Waals surface area contributed by atoms with E-state index in [0.717, 1.165) is 24.0 Å². The minimum absolute atomic E-state index is 0.189. The standard InChI is InChI=1S/C24H28O4/c1-18(16-17-24(2,3)23(26)27-4)20-11-13-21(14-12-20)28-22(25)15-10-19-8-6-5-7-9-19/h5-15,18H,16-17H2,1-4H3/b15-10+. The Balaban J connectivity index is 1.89. The van der Waals surface area contributed by atoms with Gasteiger partial charge in [-0.25, -0.2) is 4.79 Å². The molecule has 0 fully saturated rings. The summed E-state index contributed by atoms with van der Waals surface area (Å²) in [6, 6.07) is 17.1. The summed E-state index contributed by atoms with van der Waals surface area (Å²) in [4.78, 5) is 23.8. The second-order valence-corrected chi connectivity index (χ2v) is 7.55. The van der Waals surface area contributed by atoms with Gasteiger partial charge in [0.1, 0.15) is 5.75 Å². The molecule has 2 aromatic rings. The summed E-state index contributed by atoms with van der Waals surface area (Å²) in [5, 5.41) is 0. The molecule has 0 aromatic heterocycles. The van der Waals surface area contributed by atoms with Crippen molar-refractivity contribution in [3.63, 3.8) is 0 Å². The van der Waals surface area contributed by atoms with E-state index in [1.165, 1.54) is 13.2 Å². The number of carbonyl (C=O) groups is 2. The second-order valence-electron chi connectivity index (χ2n) is 7.55. The Hall–Kier alpha value is -2.88. The second kappa shape index (κ2) is 9.88. The molecule has 1 atom stereocenters. The minimum Gasteiger partial charge on any atom is -0.469 e. The van der Waals surface area contributed by atoms with Crippen LogP contribution in [0.15, 0.2) is 60.7 Å². The van der Waals surface area contributed by atoms with Gasteiger partial charge in [0, 0.05) is 6.08 Å². The van der Waals surface area contributed by atoms with Crippen LogP contribution in [-0.4, -0.2) is 19.0 Å². The van der Waals surface area contributed by atoms with Gasteiger partial charge < -0.3 is 9.47 Å². The van der Waals surface area contributed by atoms with Gasteiger partial charge in [0.05, 0.1) is 12.5 Å². The van der Waals surface area contributed by atoms with Gasteiger partial charge in [-0.05, 0) is 61.9 Å². The molecule has 0 bridgehead atoms. The zero-order chi connectivity index (χ0) is 20.6. The molecule has 4 nitrogen and oxygen atoms in total. The number of hydrogen-bond donors (Lipinski definition) is 0. The average molecular weight is 380 g/mol. The van der Waals surface area contributed by atoms with Crippen LogP contribution in [0.3, 0.4) is 0 Å². The summed E-state index contributed by atoms with van der Waals surface area (Å²) in [7, 11) is 1.42. The smallest absolute Gasteiger partial charge is 0.336 e. The SMILES string of the molecule is COC(=O)C(C)(C)CCC(C)c1ccc(OC(=O)/C=C/c2ccccc2)cc1. The van der Waals surface area contributed by atoms with Crippen molar-refractivity contribution in [2.45, 2.75) is 39.5 Å². The molecule has 0 amide bonds. The molecule has 0 aliphatic rings. The van der Waals surface area contributed by atoms with Gasteiger partial charge in [0.15, 0.2) is 0 Å². The summed E-state index contributed by atoms with van der Waals surface area (Å²) in [5.41, 5.74) is 1.59. The number of hydrogen-bond acceptors (Lipinski definition) is 4. The first-order valence-corrected chi connectivity index (χ1v) is 9.45. The van der Waals surface area contributed by atoms with Crippen molar-refractivity contribution in [1.82, 2.24) is 0 Å². The molecule has 0 aliphatic heterocycles. The molecule has 2 rings (SSSR count). The number of carbonyl (C=O) groups excluding carboxylic acids is 2. The molecule has 0 heterocycles. The molecule has 0 saturated carbocycles. The Morgan fingerprint density at radius 2 is 1.68 bits per heavy atom. The summed E-state index contributed by atoms with van der Waals surface area (Å²) >= 11 is 0. The maximum Gasteiger partial charge on any atom is 0.336 e. The molecule has 1 unspecified atom stereocenters. The third-order valence-electron chi connectivity index (χ3n) is 4.82. The van der Waals surface area contributed by atoms with Gasteiger partial charge in [0.25, 0.3) is 0 Å². The zero-order valence-corrected chi connectivity index (χ0v) is 17.0. The number of benzene rings is 2. The van der Waals surface area contributed by atoms with Crippen LogP contribution in [0.4, 0.5) is 0 Å². The van der Waals surface area contributed by atoms with Crippen LogP contribution in [0, 0.1) is 5.41 Å². The van der Waals surface area contributed by atoms with E-state index >= 15 is 0 Å². The fraction of sp³-hybridized carbons (Fsp3) is 0.333. The topological polar surface area (TPSA) is 52.6 Å². The molecule has 4 heteroatoms. The fourth-order valence-electron chi connectivity index (χ4n) is 2.87. The Morgan fingerprint density at radius 1 is 1.04 bits per heavy atom. The summed E-state index contributed by atoms with van der Waals surface area (Å²) in [6.07, 6.45) is 4.74. The predicted molar refractivity (Wildman–Crippen MR) is 111 cm³/mol. The van der Waals surface area contributed by atoms with Crippen LogP contribution in [0.2, 0.25) is 0 Å². The van der Waals surface area contributed by atoms with Crippen molar-refractivity contribution in [2.75, 3.05) is 7.11 Å². The monoisotopic (exact) mass is 380 g/mol. The third kappa shape index (κ3) is 6.38. The van der Waals surface area contributed by atoms with Crippen LogP contribution in [0.25, 0.3) is 6.08 Å². The van der Waals surface area contributed by atoms with Crippen LogP contribution in [0.1, 0.15) is 50.7 Å². The Labute approximate surface area is 167 Å². The van der Waals surface area contributed by atoms with Crippen molar-refractivity contribution in [3.8, 4) is 5.75 Å². The van der Waals surface area contributed by atoms with Gasteiger partial charge in [0.2, 0.25) is 0 Å². The van der Waals surface area contributed by atoms with Crippen molar-refractivity contribution in [3.05, 3.63) is 71.8 Å². The van der Waals surface area contributed by atoms with E-state index in [4.69, 9.17) is 9.47 Å². The highest BCUT2D eigenvalue weighted by Crippen LogP contribution is 2.30. The van der Waals surface area contributed by atoms with Crippen molar-refractivity contribution in [1.29, 1.82) is 0 Å². The lowest BCUT2D eigenvalue weighted by Crippen LogP contribution is -2.25. The van der Waals surface area contributed by atoms with E-state index in [-0.39, 0.29) is 11.9 Å². The number of esters is 2. The molecule has 2 aromatic carbocycles. The van der Waals surface area contributed by atoms with Crippen molar-refractivity contribution < 1.29 is 19.1 Å². The van der Waals surface area contributed by atoms with E-state index in [1.807, 2.05) is 56.3 Å². The molecule has 0 spiro atoms. The van der Waals surface area contributed by atoms with E-state index < -0.39 is 11.4 Å². The maximum absolute atomic E-state index is 12.0. The highest BCUT2D eigenvalue weighted by molar-refractivity contribution is 5.88. The molecule has 0 radical (unpaired) electrons. The molecular formula is C24H28O4. The summed E-state index contributed by atoms with van der Waals surface area (Å²) in [6.45, 7) is 5.92. The molecule has 0 N–H and O–H groups in total. The fourth-order valence-corrected chi connectivity index (χ4v) is 2.87.